The van der Waals surface area contributed by atoms with Gasteiger partial charge in [0.15, 0.2) is 0 Å². The first-order chi connectivity index (χ1) is 5.41. The number of hydrogen-bond acceptors (Lipinski definition) is 1. The summed E-state index contributed by atoms with van der Waals surface area (Å²) in [5, 5.41) is 0. The first-order valence-electron chi connectivity index (χ1n) is 4.75. The van der Waals surface area contributed by atoms with Crippen LogP contribution in [0.3, 0.4) is 0 Å². The third-order valence-corrected chi connectivity index (χ3v) is 2.77. The third kappa shape index (κ3) is 2.02. The van der Waals surface area contributed by atoms with Crippen molar-refractivity contribution in [3.63, 3.8) is 0 Å². The molecule has 1 heterocycles. The fourth-order valence-corrected chi connectivity index (χ4v) is 2.09. The smallest absolute Gasteiger partial charge is 0.0987 e. The van der Waals surface area contributed by atoms with Gasteiger partial charge in [0.05, 0.1) is 11.9 Å². The zero-order valence-corrected chi connectivity index (χ0v) is 8.68. The van der Waals surface area contributed by atoms with Gasteiger partial charge in [-0.25, -0.2) is 0 Å². The lowest BCUT2D eigenvalue weighted by molar-refractivity contribution is -0.0107. The van der Waals surface area contributed by atoms with Crippen molar-refractivity contribution in [3.8, 4) is 0 Å². The number of rotatable bonds is 0. The lowest BCUT2D eigenvalue weighted by Gasteiger charge is -2.39. The van der Waals surface area contributed by atoms with Crippen molar-refractivity contribution < 1.29 is 4.74 Å². The molecule has 12 heavy (non-hydrogen) atoms. The predicted molar refractivity (Wildman–Crippen MR) is 51.9 cm³/mol. The lowest BCUT2D eigenvalue weighted by atomic mass is 9.74. The standard InChI is InChI=1S/C11H20O/c1-8-6-7-10(9(2)12-8)11(3,4)5/h9-10H,1,6-7H2,2-5H3. The van der Waals surface area contributed by atoms with Gasteiger partial charge in [0.1, 0.15) is 0 Å². The molecule has 0 radical (unpaired) electrons. The summed E-state index contributed by atoms with van der Waals surface area (Å²) in [7, 11) is 0. The summed E-state index contributed by atoms with van der Waals surface area (Å²) < 4.78 is 5.63. The van der Waals surface area contributed by atoms with Crippen LogP contribution in [0.2, 0.25) is 0 Å². The van der Waals surface area contributed by atoms with Gasteiger partial charge in [0.2, 0.25) is 0 Å². The van der Waals surface area contributed by atoms with Crippen LogP contribution in [0.15, 0.2) is 12.3 Å². The van der Waals surface area contributed by atoms with E-state index in [0.29, 0.717) is 17.4 Å². The molecule has 0 saturated carbocycles. The Morgan fingerprint density at radius 3 is 2.42 bits per heavy atom. The fourth-order valence-electron chi connectivity index (χ4n) is 2.09. The van der Waals surface area contributed by atoms with E-state index in [1.807, 2.05) is 0 Å². The monoisotopic (exact) mass is 168 g/mol. The molecule has 0 aliphatic carbocycles. The van der Waals surface area contributed by atoms with Gasteiger partial charge in [-0.05, 0) is 18.8 Å². The molecule has 0 aromatic carbocycles. The van der Waals surface area contributed by atoms with Crippen LogP contribution >= 0.6 is 0 Å². The topological polar surface area (TPSA) is 9.23 Å². The molecule has 1 saturated heterocycles. The summed E-state index contributed by atoms with van der Waals surface area (Å²) in [5.41, 5.74) is 0.361. The van der Waals surface area contributed by atoms with Gasteiger partial charge in [-0.15, -0.1) is 0 Å². The van der Waals surface area contributed by atoms with Crippen LogP contribution in [0, 0.1) is 11.3 Å². The van der Waals surface area contributed by atoms with Gasteiger partial charge in [0, 0.05) is 12.3 Å². The summed E-state index contributed by atoms with van der Waals surface area (Å²) in [4.78, 5) is 0. The van der Waals surface area contributed by atoms with E-state index in [0.717, 1.165) is 12.2 Å². The molecule has 0 spiro atoms. The summed E-state index contributed by atoms with van der Waals surface area (Å²) in [6, 6.07) is 0. The largest absolute Gasteiger partial charge is 0.495 e. The van der Waals surface area contributed by atoms with E-state index in [1.54, 1.807) is 0 Å². The molecule has 1 fully saturated rings. The van der Waals surface area contributed by atoms with Crippen LogP contribution in [0.1, 0.15) is 40.5 Å². The van der Waals surface area contributed by atoms with Gasteiger partial charge >= 0.3 is 0 Å². The van der Waals surface area contributed by atoms with Gasteiger partial charge in [-0.2, -0.15) is 0 Å². The van der Waals surface area contributed by atoms with Crippen molar-refractivity contribution in [3.05, 3.63) is 12.3 Å². The molecule has 0 amide bonds. The molecule has 1 rings (SSSR count). The zero-order valence-electron chi connectivity index (χ0n) is 8.68. The summed E-state index contributed by atoms with van der Waals surface area (Å²) in [6.07, 6.45) is 2.60. The van der Waals surface area contributed by atoms with E-state index >= 15 is 0 Å². The Morgan fingerprint density at radius 1 is 1.42 bits per heavy atom. The maximum atomic E-state index is 5.63. The zero-order chi connectivity index (χ0) is 9.35. The van der Waals surface area contributed by atoms with Crippen molar-refractivity contribution in [2.24, 2.45) is 11.3 Å². The molecule has 0 bridgehead atoms. The van der Waals surface area contributed by atoms with E-state index in [2.05, 4.69) is 34.3 Å². The van der Waals surface area contributed by atoms with Gasteiger partial charge in [-0.1, -0.05) is 27.4 Å². The second-order valence-electron chi connectivity index (χ2n) is 4.87. The minimum Gasteiger partial charge on any atom is -0.495 e. The van der Waals surface area contributed by atoms with E-state index in [-0.39, 0.29) is 0 Å². The predicted octanol–water partition coefficient (Wildman–Crippen LogP) is 3.36. The molecule has 0 aromatic rings. The number of hydrogen-bond donors (Lipinski definition) is 0. The average Bonchev–Trinajstić information content (AvgIpc) is 1.83. The Hall–Kier alpha value is -0.460. The molecule has 70 valence electrons. The molecule has 1 aliphatic rings. The number of ether oxygens (including phenoxy) is 1. The summed E-state index contributed by atoms with van der Waals surface area (Å²) >= 11 is 0. The van der Waals surface area contributed by atoms with Gasteiger partial charge in [0.25, 0.3) is 0 Å². The first kappa shape index (κ1) is 9.63. The highest BCUT2D eigenvalue weighted by molar-refractivity contribution is 4.93. The Labute approximate surface area is 75.8 Å². The van der Waals surface area contributed by atoms with Crippen LogP contribution in [0.5, 0.6) is 0 Å². The molecule has 2 atom stereocenters. The second-order valence-corrected chi connectivity index (χ2v) is 4.87. The van der Waals surface area contributed by atoms with Crippen molar-refractivity contribution in [1.29, 1.82) is 0 Å². The molecular weight excluding hydrogens is 148 g/mol. The van der Waals surface area contributed by atoms with E-state index in [4.69, 9.17) is 4.74 Å². The maximum Gasteiger partial charge on any atom is 0.0987 e. The van der Waals surface area contributed by atoms with E-state index in [9.17, 15) is 0 Å². The van der Waals surface area contributed by atoms with Crippen molar-refractivity contribution in [2.75, 3.05) is 0 Å². The molecule has 0 N–H and O–H groups in total. The van der Waals surface area contributed by atoms with Gasteiger partial charge in [-0.3, -0.25) is 0 Å². The summed E-state index contributed by atoms with van der Waals surface area (Å²) in [6.45, 7) is 12.9. The molecule has 2 unspecified atom stereocenters. The van der Waals surface area contributed by atoms with Gasteiger partial charge < -0.3 is 4.74 Å². The van der Waals surface area contributed by atoms with Crippen molar-refractivity contribution in [2.45, 2.75) is 46.6 Å². The van der Waals surface area contributed by atoms with Crippen LogP contribution in [-0.2, 0) is 4.74 Å². The first-order valence-corrected chi connectivity index (χ1v) is 4.75. The molecule has 1 heteroatoms. The second kappa shape index (κ2) is 3.12. The minimum absolute atomic E-state index is 0.339. The SMILES string of the molecule is C=C1CCC(C(C)(C)C)C(C)O1. The third-order valence-electron chi connectivity index (χ3n) is 2.77. The van der Waals surface area contributed by atoms with Crippen molar-refractivity contribution >= 4 is 0 Å². The van der Waals surface area contributed by atoms with Crippen LogP contribution in [0.25, 0.3) is 0 Å². The Kier molecular flexibility index (Phi) is 2.50. The molecule has 1 nitrogen and oxygen atoms in total. The highest BCUT2D eigenvalue weighted by atomic mass is 16.5. The minimum atomic E-state index is 0.339. The highest BCUT2D eigenvalue weighted by Crippen LogP contribution is 2.38. The lowest BCUT2D eigenvalue weighted by Crippen LogP contribution is -2.35. The Balaban J connectivity index is 2.62. The van der Waals surface area contributed by atoms with Crippen LogP contribution in [0.4, 0.5) is 0 Å². The van der Waals surface area contributed by atoms with E-state index < -0.39 is 0 Å². The summed E-state index contributed by atoms with van der Waals surface area (Å²) in [5.74, 6) is 1.63. The highest BCUT2D eigenvalue weighted by Gasteiger charge is 2.33. The normalized spacial score (nSPS) is 31.5. The quantitative estimate of drug-likeness (QED) is 0.539. The fraction of sp³-hybridized carbons (Fsp3) is 0.818. The molecule has 1 aliphatic heterocycles. The number of allylic oxidation sites excluding steroid dienone is 1. The Bertz CT molecular complexity index is 176. The molecule has 0 aromatic heterocycles. The van der Waals surface area contributed by atoms with Crippen LogP contribution < -0.4 is 0 Å². The Morgan fingerprint density at radius 2 is 2.00 bits per heavy atom. The van der Waals surface area contributed by atoms with Crippen molar-refractivity contribution in [1.82, 2.24) is 0 Å². The van der Waals surface area contributed by atoms with Crippen LogP contribution in [-0.4, -0.2) is 6.10 Å². The maximum absolute atomic E-state index is 5.63. The van der Waals surface area contributed by atoms with E-state index in [1.165, 1.54) is 6.42 Å². The molecular formula is C11H20O. The average molecular weight is 168 g/mol.